The van der Waals surface area contributed by atoms with Crippen molar-refractivity contribution in [1.82, 2.24) is 0 Å². The van der Waals surface area contributed by atoms with Crippen molar-refractivity contribution < 1.29 is 27.8 Å². The summed E-state index contributed by atoms with van der Waals surface area (Å²) in [7, 11) is 0. The molecule has 1 amide bonds. The van der Waals surface area contributed by atoms with E-state index in [0.29, 0.717) is 0 Å². The normalized spacial score (nSPS) is 11.2. The maximum atomic E-state index is 12.0. The first-order valence-electron chi connectivity index (χ1n) is 4.37. The highest BCUT2D eigenvalue weighted by Crippen LogP contribution is 2.37. The fraction of sp³-hybridized carbons (Fsp3) is 0.222. The van der Waals surface area contributed by atoms with Crippen molar-refractivity contribution in [2.75, 3.05) is 11.2 Å². The van der Waals surface area contributed by atoms with Gasteiger partial charge in [0.15, 0.2) is 5.75 Å². The lowest BCUT2D eigenvalue weighted by atomic mass is 10.2. The summed E-state index contributed by atoms with van der Waals surface area (Å²) in [5.41, 5.74) is -0.326. The zero-order chi connectivity index (χ0) is 13.9. The molecular formula is C9H6Cl2F3NO3. The van der Waals surface area contributed by atoms with E-state index >= 15 is 0 Å². The van der Waals surface area contributed by atoms with Crippen molar-refractivity contribution in [1.29, 1.82) is 0 Å². The smallest absolute Gasteiger partial charge is 0.504 e. The predicted molar refractivity (Wildman–Crippen MR) is 59.1 cm³/mol. The minimum absolute atomic E-state index is 0.326. The summed E-state index contributed by atoms with van der Waals surface area (Å²) in [6, 6.07) is 1.54. The largest absolute Gasteiger partial charge is 0.573 e. The van der Waals surface area contributed by atoms with Gasteiger partial charge < -0.3 is 15.2 Å². The Morgan fingerprint density at radius 1 is 1.44 bits per heavy atom. The molecule has 0 saturated carbocycles. The number of phenolic OH excluding ortho intramolecular Hbond substituents is 1. The second-order valence-corrected chi connectivity index (χ2v) is 3.71. The Morgan fingerprint density at radius 2 is 2.06 bits per heavy atom. The van der Waals surface area contributed by atoms with E-state index in [1.807, 2.05) is 0 Å². The summed E-state index contributed by atoms with van der Waals surface area (Å²) in [5.74, 6) is -2.39. The van der Waals surface area contributed by atoms with Gasteiger partial charge in [-0.2, -0.15) is 0 Å². The number of amides is 1. The number of carbonyl (C=O) groups is 1. The highest BCUT2D eigenvalue weighted by atomic mass is 35.5. The second-order valence-electron chi connectivity index (χ2n) is 3.03. The Hall–Kier alpha value is -1.34. The fourth-order valence-corrected chi connectivity index (χ4v) is 1.32. The number of phenols is 1. The van der Waals surface area contributed by atoms with Crippen molar-refractivity contribution in [3.63, 3.8) is 0 Å². The molecule has 0 aliphatic rings. The number of benzene rings is 1. The number of alkyl halides is 4. The van der Waals surface area contributed by atoms with Gasteiger partial charge in [0.1, 0.15) is 11.6 Å². The van der Waals surface area contributed by atoms with E-state index in [2.05, 4.69) is 10.1 Å². The Balaban J connectivity index is 3.06. The highest BCUT2D eigenvalue weighted by molar-refractivity contribution is 6.33. The topological polar surface area (TPSA) is 58.6 Å². The fourth-order valence-electron chi connectivity index (χ4n) is 1.05. The van der Waals surface area contributed by atoms with Gasteiger partial charge in [0.25, 0.3) is 0 Å². The third-order valence-electron chi connectivity index (χ3n) is 1.67. The first-order valence-corrected chi connectivity index (χ1v) is 5.28. The van der Waals surface area contributed by atoms with Crippen molar-refractivity contribution in [3.8, 4) is 11.5 Å². The van der Waals surface area contributed by atoms with E-state index < -0.39 is 34.7 Å². The van der Waals surface area contributed by atoms with Crippen LogP contribution in [-0.4, -0.2) is 23.3 Å². The number of ether oxygens (including phenoxy) is 1. The van der Waals surface area contributed by atoms with Crippen molar-refractivity contribution in [3.05, 3.63) is 17.2 Å². The van der Waals surface area contributed by atoms with Crippen molar-refractivity contribution in [2.45, 2.75) is 6.36 Å². The number of hydrogen-bond acceptors (Lipinski definition) is 3. The van der Waals surface area contributed by atoms with Crippen LogP contribution in [0.3, 0.4) is 0 Å². The predicted octanol–water partition coefficient (Wildman–Crippen LogP) is 3.12. The lowest BCUT2D eigenvalue weighted by molar-refractivity contribution is -0.274. The van der Waals surface area contributed by atoms with Crippen LogP contribution in [0.4, 0.5) is 18.9 Å². The molecule has 4 nitrogen and oxygen atoms in total. The lowest BCUT2D eigenvalue weighted by Crippen LogP contribution is -2.18. The van der Waals surface area contributed by atoms with E-state index in [1.54, 1.807) is 0 Å². The van der Waals surface area contributed by atoms with Gasteiger partial charge in [-0.05, 0) is 0 Å². The van der Waals surface area contributed by atoms with Gasteiger partial charge >= 0.3 is 6.36 Å². The number of anilines is 1. The summed E-state index contributed by atoms with van der Waals surface area (Å²) in [6.07, 6.45) is -4.91. The van der Waals surface area contributed by atoms with Crippen LogP contribution >= 0.6 is 23.2 Å². The van der Waals surface area contributed by atoms with Crippen LogP contribution in [0.5, 0.6) is 11.5 Å². The molecule has 0 fully saturated rings. The molecule has 1 rings (SSSR count). The Kier molecular flexibility index (Phi) is 4.53. The zero-order valence-corrected chi connectivity index (χ0v) is 10.0. The average molecular weight is 304 g/mol. The van der Waals surface area contributed by atoms with Crippen LogP contribution in [0, 0.1) is 0 Å². The molecule has 0 atom stereocenters. The lowest BCUT2D eigenvalue weighted by Gasteiger charge is -2.12. The molecule has 100 valence electrons. The van der Waals surface area contributed by atoms with Crippen LogP contribution in [-0.2, 0) is 4.79 Å². The Bertz CT molecular complexity index is 465. The van der Waals surface area contributed by atoms with E-state index in [-0.39, 0.29) is 5.69 Å². The molecule has 9 heteroatoms. The van der Waals surface area contributed by atoms with Crippen LogP contribution in [0.2, 0.25) is 5.02 Å². The zero-order valence-electron chi connectivity index (χ0n) is 8.52. The van der Waals surface area contributed by atoms with Gasteiger partial charge in [-0.15, -0.1) is 24.8 Å². The molecule has 0 heterocycles. The van der Waals surface area contributed by atoms with E-state index in [9.17, 15) is 23.1 Å². The first kappa shape index (κ1) is 14.7. The highest BCUT2D eigenvalue weighted by Gasteiger charge is 2.31. The maximum Gasteiger partial charge on any atom is 0.573 e. The van der Waals surface area contributed by atoms with Gasteiger partial charge in [-0.1, -0.05) is 11.6 Å². The summed E-state index contributed by atoms with van der Waals surface area (Å²) in [5, 5.41) is 11.1. The number of nitrogens with one attached hydrogen (secondary N) is 1. The average Bonchev–Trinajstić information content (AvgIpc) is 2.22. The molecule has 0 unspecified atom stereocenters. The summed E-state index contributed by atoms with van der Waals surface area (Å²) in [4.78, 5) is 11.0. The summed E-state index contributed by atoms with van der Waals surface area (Å²) in [6.45, 7) is 0. The van der Waals surface area contributed by atoms with E-state index in [1.165, 1.54) is 0 Å². The van der Waals surface area contributed by atoms with Crippen LogP contribution in [0.1, 0.15) is 0 Å². The molecule has 1 aromatic rings. The molecule has 18 heavy (non-hydrogen) atoms. The number of halogens is 5. The first-order chi connectivity index (χ1) is 8.23. The molecule has 2 N–H and O–H groups in total. The molecular weight excluding hydrogens is 298 g/mol. The molecule has 0 spiro atoms. The number of aromatic hydroxyl groups is 1. The summed E-state index contributed by atoms with van der Waals surface area (Å²) >= 11 is 10.7. The van der Waals surface area contributed by atoms with E-state index in [4.69, 9.17) is 23.2 Å². The van der Waals surface area contributed by atoms with Crippen molar-refractivity contribution >= 4 is 34.8 Å². The van der Waals surface area contributed by atoms with Gasteiger partial charge in [0.2, 0.25) is 5.91 Å². The number of rotatable bonds is 3. The minimum Gasteiger partial charge on any atom is -0.504 e. The second kappa shape index (κ2) is 5.53. The van der Waals surface area contributed by atoms with Crippen LogP contribution in [0.15, 0.2) is 12.1 Å². The Labute approximate surface area is 109 Å². The molecule has 0 radical (unpaired) electrons. The van der Waals surface area contributed by atoms with Crippen LogP contribution in [0.25, 0.3) is 0 Å². The SMILES string of the molecule is O=C(CCl)Nc1cc(OC(F)(F)F)cc(Cl)c1O. The molecule has 0 aliphatic carbocycles. The third-order valence-corrected chi connectivity index (χ3v) is 2.20. The van der Waals surface area contributed by atoms with Gasteiger partial charge in [0, 0.05) is 12.1 Å². The molecule has 0 bridgehead atoms. The molecule has 0 aliphatic heterocycles. The molecule has 1 aromatic carbocycles. The third kappa shape index (κ3) is 4.15. The Morgan fingerprint density at radius 3 is 2.56 bits per heavy atom. The molecule has 0 saturated heterocycles. The van der Waals surface area contributed by atoms with Gasteiger partial charge in [0.05, 0.1) is 10.7 Å². The number of carbonyl (C=O) groups excluding carboxylic acids is 1. The monoisotopic (exact) mass is 303 g/mol. The minimum atomic E-state index is -4.91. The van der Waals surface area contributed by atoms with Gasteiger partial charge in [-0.25, -0.2) is 0 Å². The van der Waals surface area contributed by atoms with Crippen LogP contribution < -0.4 is 10.1 Å². The van der Waals surface area contributed by atoms with E-state index in [0.717, 1.165) is 12.1 Å². The van der Waals surface area contributed by atoms with Crippen molar-refractivity contribution in [2.24, 2.45) is 0 Å². The number of hydrogen-bond donors (Lipinski definition) is 2. The quantitative estimate of drug-likeness (QED) is 0.666. The molecule has 0 aromatic heterocycles. The standard InChI is InChI=1S/C9H6Cl2F3NO3/c10-3-7(16)15-6-2-4(18-9(12,13)14)1-5(11)8(6)17/h1-2,17H,3H2,(H,15,16). The summed E-state index contributed by atoms with van der Waals surface area (Å²) < 4.78 is 39.6. The van der Waals surface area contributed by atoms with Gasteiger partial charge in [-0.3, -0.25) is 4.79 Å². The maximum absolute atomic E-state index is 12.0.